The first-order chi connectivity index (χ1) is 15.4. The van der Waals surface area contributed by atoms with Gasteiger partial charge >= 0.3 is 0 Å². The molecule has 164 valence electrons. The Morgan fingerprint density at radius 1 is 1.03 bits per heavy atom. The van der Waals surface area contributed by atoms with Gasteiger partial charge < -0.3 is 10.2 Å². The molecular weight excluding hydrogens is 420 g/mol. The van der Waals surface area contributed by atoms with E-state index in [2.05, 4.69) is 68.6 Å². The molecule has 0 amide bonds. The van der Waals surface area contributed by atoms with Crippen LogP contribution in [-0.4, -0.2) is 54.5 Å². The Morgan fingerprint density at radius 3 is 2.50 bits per heavy atom. The Kier molecular flexibility index (Phi) is 4.35. The van der Waals surface area contributed by atoms with E-state index in [0.29, 0.717) is 12.0 Å². The number of fused-ring (bicyclic) bond motifs is 3. The maximum Gasteiger partial charge on any atom is 0.245 e. The SMILES string of the molecule is CN(c1ncc(-c2ccc(-c3cn[nH]c3)c3ncsc23)nn1)C1CC2(C)CCC(C)(C1)N2. The lowest BCUT2D eigenvalue weighted by Crippen LogP contribution is -2.58. The van der Waals surface area contributed by atoms with Crippen LogP contribution in [0, 0.1) is 0 Å². The van der Waals surface area contributed by atoms with Crippen LogP contribution in [0.25, 0.3) is 32.6 Å². The molecule has 2 fully saturated rings. The van der Waals surface area contributed by atoms with Gasteiger partial charge in [0.1, 0.15) is 5.69 Å². The minimum atomic E-state index is 0.202. The number of nitrogens with one attached hydrogen (secondary N) is 2. The highest BCUT2D eigenvalue weighted by molar-refractivity contribution is 7.17. The van der Waals surface area contributed by atoms with Crippen molar-refractivity contribution in [2.45, 2.75) is 56.7 Å². The number of thiazole rings is 1. The fourth-order valence-corrected chi connectivity index (χ4v) is 6.44. The zero-order valence-electron chi connectivity index (χ0n) is 18.5. The normalized spacial score (nSPS) is 27.2. The van der Waals surface area contributed by atoms with Gasteiger partial charge in [0, 0.05) is 47.1 Å². The average molecular weight is 447 g/mol. The molecule has 0 saturated carbocycles. The molecule has 2 aliphatic heterocycles. The van der Waals surface area contributed by atoms with E-state index in [1.54, 1.807) is 11.3 Å². The van der Waals surface area contributed by atoms with Gasteiger partial charge in [-0.2, -0.15) is 5.10 Å². The van der Waals surface area contributed by atoms with Crippen LogP contribution in [0.3, 0.4) is 0 Å². The Morgan fingerprint density at radius 2 is 1.81 bits per heavy atom. The molecule has 5 heterocycles. The molecule has 3 aromatic heterocycles. The Bertz CT molecular complexity index is 1250. The maximum atomic E-state index is 4.71. The van der Waals surface area contributed by atoms with Gasteiger partial charge in [0.15, 0.2) is 0 Å². The van der Waals surface area contributed by atoms with Crippen molar-refractivity contribution in [3.05, 3.63) is 36.2 Å². The van der Waals surface area contributed by atoms with Gasteiger partial charge in [0.2, 0.25) is 5.95 Å². The van der Waals surface area contributed by atoms with Crippen LogP contribution < -0.4 is 10.2 Å². The van der Waals surface area contributed by atoms with Crippen LogP contribution in [0.15, 0.2) is 36.2 Å². The fourth-order valence-electron chi connectivity index (χ4n) is 5.60. The summed E-state index contributed by atoms with van der Waals surface area (Å²) < 4.78 is 1.08. The quantitative estimate of drug-likeness (QED) is 0.488. The summed E-state index contributed by atoms with van der Waals surface area (Å²) in [5.74, 6) is 0.683. The third kappa shape index (κ3) is 3.18. The Hall–Kier alpha value is -2.91. The molecule has 1 aromatic carbocycles. The van der Waals surface area contributed by atoms with E-state index in [1.165, 1.54) is 12.8 Å². The molecular formula is C23H26N8S. The molecule has 2 bridgehead atoms. The second kappa shape index (κ2) is 7.05. The highest BCUT2D eigenvalue weighted by Crippen LogP contribution is 2.43. The van der Waals surface area contributed by atoms with Crippen molar-refractivity contribution in [2.75, 3.05) is 11.9 Å². The minimum Gasteiger partial charge on any atom is -0.339 e. The monoisotopic (exact) mass is 446 g/mol. The van der Waals surface area contributed by atoms with Crippen LogP contribution in [0.4, 0.5) is 5.95 Å². The van der Waals surface area contributed by atoms with Crippen molar-refractivity contribution in [2.24, 2.45) is 0 Å². The van der Waals surface area contributed by atoms with Crippen molar-refractivity contribution in [3.8, 4) is 22.4 Å². The van der Waals surface area contributed by atoms with Crippen molar-refractivity contribution < 1.29 is 0 Å². The lowest BCUT2D eigenvalue weighted by Gasteiger charge is -2.45. The molecule has 9 heteroatoms. The summed E-state index contributed by atoms with van der Waals surface area (Å²) in [5, 5.41) is 19.9. The van der Waals surface area contributed by atoms with Crippen LogP contribution in [0.5, 0.6) is 0 Å². The van der Waals surface area contributed by atoms with Crippen LogP contribution in [0.2, 0.25) is 0 Å². The van der Waals surface area contributed by atoms with Gasteiger partial charge in [0.05, 0.1) is 28.1 Å². The summed E-state index contributed by atoms with van der Waals surface area (Å²) in [4.78, 5) is 11.5. The number of piperidine rings is 1. The highest BCUT2D eigenvalue weighted by atomic mass is 32.1. The predicted molar refractivity (Wildman–Crippen MR) is 127 cm³/mol. The van der Waals surface area contributed by atoms with Crippen molar-refractivity contribution in [3.63, 3.8) is 0 Å². The molecule has 0 radical (unpaired) electrons. The number of H-pyrrole nitrogens is 1. The molecule has 2 aliphatic rings. The molecule has 2 N–H and O–H groups in total. The van der Waals surface area contributed by atoms with Crippen LogP contribution in [0.1, 0.15) is 39.5 Å². The van der Waals surface area contributed by atoms with E-state index in [0.717, 1.165) is 45.4 Å². The van der Waals surface area contributed by atoms with E-state index >= 15 is 0 Å². The lowest BCUT2D eigenvalue weighted by molar-refractivity contribution is 0.207. The molecule has 2 saturated heterocycles. The number of hydrogen-bond acceptors (Lipinski definition) is 8. The number of nitrogens with zero attached hydrogens (tertiary/aromatic N) is 6. The van der Waals surface area contributed by atoms with Crippen molar-refractivity contribution in [1.82, 2.24) is 35.7 Å². The zero-order chi connectivity index (χ0) is 21.9. The molecule has 0 spiro atoms. The Labute approximate surface area is 190 Å². The predicted octanol–water partition coefficient (Wildman–Crippen LogP) is 4.04. The van der Waals surface area contributed by atoms with E-state index in [4.69, 9.17) is 4.98 Å². The van der Waals surface area contributed by atoms with E-state index in [1.807, 2.05) is 24.1 Å². The zero-order valence-corrected chi connectivity index (χ0v) is 19.3. The first-order valence-corrected chi connectivity index (χ1v) is 11.9. The van der Waals surface area contributed by atoms with Crippen molar-refractivity contribution >= 4 is 27.5 Å². The van der Waals surface area contributed by atoms with E-state index in [-0.39, 0.29) is 11.1 Å². The molecule has 2 unspecified atom stereocenters. The third-order valence-electron chi connectivity index (χ3n) is 7.19. The molecule has 32 heavy (non-hydrogen) atoms. The number of aromatic nitrogens is 6. The van der Waals surface area contributed by atoms with Crippen LogP contribution >= 0.6 is 11.3 Å². The smallest absolute Gasteiger partial charge is 0.245 e. The molecule has 4 aromatic rings. The minimum absolute atomic E-state index is 0.202. The molecule has 6 rings (SSSR count). The third-order valence-corrected chi connectivity index (χ3v) is 8.05. The number of benzene rings is 1. The number of hydrogen-bond donors (Lipinski definition) is 2. The summed E-state index contributed by atoms with van der Waals surface area (Å²) in [6.07, 6.45) is 10.2. The Balaban J connectivity index is 1.29. The van der Waals surface area contributed by atoms with Gasteiger partial charge in [-0.1, -0.05) is 12.1 Å². The molecule has 8 nitrogen and oxygen atoms in total. The first kappa shape index (κ1) is 19.8. The van der Waals surface area contributed by atoms with E-state index < -0.39 is 0 Å². The first-order valence-electron chi connectivity index (χ1n) is 11.0. The number of rotatable bonds is 4. The summed E-state index contributed by atoms with van der Waals surface area (Å²) >= 11 is 1.61. The van der Waals surface area contributed by atoms with Gasteiger partial charge in [0.25, 0.3) is 0 Å². The standard InChI is InChI=1S/C23H26N8S/c1-22-6-7-23(2,30-22)9-15(8-22)31(3)21-24-12-18(28-29-21)17-5-4-16(14-10-26-27-11-14)19-20(17)32-13-25-19/h4-5,10-13,15,30H,6-9H2,1-3H3,(H,26,27). The summed E-state index contributed by atoms with van der Waals surface area (Å²) in [7, 11) is 2.10. The van der Waals surface area contributed by atoms with E-state index in [9.17, 15) is 0 Å². The van der Waals surface area contributed by atoms with Gasteiger partial charge in [-0.05, 0) is 39.5 Å². The lowest BCUT2D eigenvalue weighted by atomic mass is 9.84. The summed E-state index contributed by atoms with van der Waals surface area (Å²) in [6.45, 7) is 4.68. The van der Waals surface area contributed by atoms with Gasteiger partial charge in [-0.25, -0.2) is 9.97 Å². The van der Waals surface area contributed by atoms with Gasteiger partial charge in [-0.15, -0.1) is 21.5 Å². The highest BCUT2D eigenvalue weighted by Gasteiger charge is 2.49. The fraction of sp³-hybridized carbons (Fsp3) is 0.435. The molecule has 2 atom stereocenters. The second-order valence-corrected chi connectivity index (χ2v) is 10.6. The largest absolute Gasteiger partial charge is 0.339 e. The maximum absolute atomic E-state index is 4.71. The number of anilines is 1. The second-order valence-electron chi connectivity index (χ2n) is 9.74. The van der Waals surface area contributed by atoms with Gasteiger partial charge in [-0.3, -0.25) is 5.10 Å². The average Bonchev–Trinajstić information content (AvgIpc) is 3.52. The van der Waals surface area contributed by atoms with Crippen molar-refractivity contribution in [1.29, 1.82) is 0 Å². The van der Waals surface area contributed by atoms with Crippen LogP contribution in [-0.2, 0) is 0 Å². The topological polar surface area (TPSA) is 95.5 Å². The summed E-state index contributed by atoms with van der Waals surface area (Å²) in [6, 6.07) is 4.55. The molecule has 0 aliphatic carbocycles. The number of aromatic amines is 1. The summed E-state index contributed by atoms with van der Waals surface area (Å²) in [5.41, 5.74) is 7.06.